The van der Waals surface area contributed by atoms with Crippen LogP contribution >= 0.6 is 0 Å². The number of carbonyl (C=O) groups is 3. The molecule has 4 amide bonds. The third kappa shape index (κ3) is 3.59. The van der Waals surface area contributed by atoms with E-state index < -0.39 is 17.6 Å². The zero-order valence-corrected chi connectivity index (χ0v) is 20.1. The van der Waals surface area contributed by atoms with Crippen molar-refractivity contribution < 1.29 is 18.8 Å². The van der Waals surface area contributed by atoms with E-state index in [0.717, 1.165) is 32.6 Å². The van der Waals surface area contributed by atoms with E-state index in [4.69, 9.17) is 0 Å². The van der Waals surface area contributed by atoms with Crippen LogP contribution in [0.4, 0.5) is 9.18 Å². The van der Waals surface area contributed by atoms with Crippen molar-refractivity contribution in [3.05, 3.63) is 71.2 Å². The maximum Gasteiger partial charge on any atom is 0.328 e. The van der Waals surface area contributed by atoms with Gasteiger partial charge < -0.3 is 15.2 Å². The van der Waals surface area contributed by atoms with Gasteiger partial charge in [-0.25, -0.2) is 14.1 Å². The zero-order chi connectivity index (χ0) is 24.9. The van der Waals surface area contributed by atoms with Crippen LogP contribution in [0, 0.1) is 11.7 Å². The van der Waals surface area contributed by atoms with Gasteiger partial charge in [0.15, 0.2) is 5.54 Å². The van der Waals surface area contributed by atoms with Crippen molar-refractivity contribution >= 4 is 28.7 Å². The highest BCUT2D eigenvalue weighted by molar-refractivity contribution is 6.11. The number of hydrogen-bond acceptors (Lipinski definition) is 3. The van der Waals surface area contributed by atoms with Crippen LogP contribution < -0.4 is 5.32 Å². The molecule has 3 heterocycles. The number of benzene rings is 2. The summed E-state index contributed by atoms with van der Waals surface area (Å²) >= 11 is 0. The number of urea groups is 1. The van der Waals surface area contributed by atoms with E-state index in [-0.39, 0.29) is 23.5 Å². The number of halogens is 1. The normalized spacial score (nSPS) is 20.4. The lowest BCUT2D eigenvalue weighted by Crippen LogP contribution is -2.53. The van der Waals surface area contributed by atoms with E-state index in [1.54, 1.807) is 24.0 Å². The summed E-state index contributed by atoms with van der Waals surface area (Å²) in [5, 5.41) is 3.93. The highest BCUT2D eigenvalue weighted by Crippen LogP contribution is 2.45. The van der Waals surface area contributed by atoms with Crippen LogP contribution in [0.2, 0.25) is 0 Å². The molecule has 0 spiro atoms. The Morgan fingerprint density at radius 2 is 1.86 bits per heavy atom. The first-order valence-electron chi connectivity index (χ1n) is 12.0. The van der Waals surface area contributed by atoms with Crippen molar-refractivity contribution in [3.8, 4) is 0 Å². The molecule has 35 heavy (non-hydrogen) atoms. The summed E-state index contributed by atoms with van der Waals surface area (Å²) in [5.74, 6) is -1.35. The van der Waals surface area contributed by atoms with Crippen molar-refractivity contribution in [2.45, 2.75) is 45.2 Å². The first kappa shape index (κ1) is 23.1. The van der Waals surface area contributed by atoms with Crippen molar-refractivity contribution in [1.29, 1.82) is 0 Å². The second-order valence-electron chi connectivity index (χ2n) is 9.81. The molecule has 0 radical (unpaired) electrons. The van der Waals surface area contributed by atoms with Crippen LogP contribution in [0.15, 0.2) is 48.5 Å². The minimum Gasteiger partial charge on any atom is -0.356 e. The molecule has 2 aromatic carbocycles. The second kappa shape index (κ2) is 8.52. The van der Waals surface area contributed by atoms with Gasteiger partial charge >= 0.3 is 6.03 Å². The Kier molecular flexibility index (Phi) is 5.62. The summed E-state index contributed by atoms with van der Waals surface area (Å²) in [6, 6.07) is 12.6. The Morgan fingerprint density at radius 3 is 2.57 bits per heavy atom. The molecule has 2 N–H and O–H groups in total. The molecule has 2 aliphatic heterocycles. The molecule has 0 aliphatic carbocycles. The zero-order valence-electron chi connectivity index (χ0n) is 20.1. The Morgan fingerprint density at radius 1 is 1.14 bits per heavy atom. The Hall–Kier alpha value is -3.68. The third-order valence-corrected chi connectivity index (χ3v) is 7.30. The van der Waals surface area contributed by atoms with Crippen LogP contribution in [0.1, 0.15) is 37.6 Å². The van der Waals surface area contributed by atoms with Crippen LogP contribution in [0.5, 0.6) is 0 Å². The second-order valence-corrected chi connectivity index (χ2v) is 9.81. The minimum absolute atomic E-state index is 0.277. The van der Waals surface area contributed by atoms with Crippen LogP contribution in [0.3, 0.4) is 0 Å². The number of aromatic amines is 1. The van der Waals surface area contributed by atoms with Gasteiger partial charge in [0.2, 0.25) is 5.91 Å². The molecule has 8 heteroatoms. The molecule has 0 unspecified atom stereocenters. The quantitative estimate of drug-likeness (QED) is 0.532. The number of H-pyrrole nitrogens is 1. The van der Waals surface area contributed by atoms with E-state index in [1.165, 1.54) is 12.1 Å². The van der Waals surface area contributed by atoms with Gasteiger partial charge in [-0.15, -0.1) is 0 Å². The topological polar surface area (TPSA) is 85.5 Å². The fourth-order valence-corrected chi connectivity index (χ4v) is 5.47. The number of nitrogens with zero attached hydrogens (tertiary/aromatic N) is 2. The van der Waals surface area contributed by atoms with E-state index in [1.807, 2.05) is 38.1 Å². The number of hydrogen-bond donors (Lipinski definition) is 2. The summed E-state index contributed by atoms with van der Waals surface area (Å²) in [7, 11) is 0. The van der Waals surface area contributed by atoms with Gasteiger partial charge in [-0.05, 0) is 55.0 Å². The first-order chi connectivity index (χ1) is 16.7. The molecule has 1 fully saturated rings. The van der Waals surface area contributed by atoms with E-state index in [9.17, 15) is 18.8 Å². The average molecular weight is 477 g/mol. The largest absolute Gasteiger partial charge is 0.356 e. The molecule has 2 aliphatic rings. The third-order valence-electron chi connectivity index (χ3n) is 7.30. The van der Waals surface area contributed by atoms with Crippen molar-refractivity contribution in [1.82, 2.24) is 20.1 Å². The monoisotopic (exact) mass is 476 g/mol. The lowest BCUT2D eigenvalue weighted by atomic mass is 9.86. The Labute approximate surface area is 203 Å². The Balaban J connectivity index is 1.41. The molecular formula is C27H29FN4O3. The standard InChI is InChI=1S/C27H29FN4O3/c1-16(2)22(24(33)29-14-12-17-8-10-18(28)11-9-17)32-25(34)27(3)23-20(13-15-31(27)26(32)35)19-6-4-5-7-21(19)30-23/h4-11,16,22,30H,12-15H2,1-3H3,(H,29,33)/t22-,27-/m0/s1. The first-order valence-corrected chi connectivity index (χ1v) is 12.0. The summed E-state index contributed by atoms with van der Waals surface area (Å²) < 4.78 is 13.1. The van der Waals surface area contributed by atoms with E-state index in [2.05, 4.69) is 10.3 Å². The summed E-state index contributed by atoms with van der Waals surface area (Å²) in [6.45, 7) is 6.16. The fraction of sp³-hybridized carbons (Fsp3) is 0.370. The predicted molar refractivity (Wildman–Crippen MR) is 130 cm³/mol. The van der Waals surface area contributed by atoms with Crippen LogP contribution in [-0.4, -0.2) is 51.8 Å². The van der Waals surface area contributed by atoms with Gasteiger partial charge in [0.1, 0.15) is 11.9 Å². The van der Waals surface area contributed by atoms with Crippen molar-refractivity contribution in [2.75, 3.05) is 13.1 Å². The lowest BCUT2D eigenvalue weighted by Gasteiger charge is -2.36. The minimum atomic E-state index is -1.19. The maximum atomic E-state index is 13.9. The maximum absolute atomic E-state index is 13.9. The molecule has 7 nitrogen and oxygen atoms in total. The number of rotatable bonds is 6. The van der Waals surface area contributed by atoms with Crippen LogP contribution in [0.25, 0.3) is 10.9 Å². The molecule has 1 aromatic heterocycles. The van der Waals surface area contributed by atoms with Gasteiger partial charge in [0, 0.05) is 24.0 Å². The molecule has 1 saturated heterocycles. The highest BCUT2D eigenvalue weighted by Gasteiger charge is 2.61. The Bertz CT molecular complexity index is 1320. The van der Waals surface area contributed by atoms with E-state index >= 15 is 0 Å². The molecular weight excluding hydrogens is 447 g/mol. The van der Waals surface area contributed by atoms with Gasteiger partial charge in [0.25, 0.3) is 5.91 Å². The number of carbonyl (C=O) groups excluding carboxylic acids is 3. The number of amides is 4. The number of para-hydroxylation sites is 1. The average Bonchev–Trinajstić information content (AvgIpc) is 3.30. The number of fused-ring (bicyclic) bond motifs is 5. The van der Waals surface area contributed by atoms with Crippen molar-refractivity contribution in [3.63, 3.8) is 0 Å². The highest BCUT2D eigenvalue weighted by atomic mass is 19.1. The number of imide groups is 1. The molecule has 182 valence electrons. The summed E-state index contributed by atoms with van der Waals surface area (Å²) in [5.41, 5.74) is 2.40. The summed E-state index contributed by atoms with van der Waals surface area (Å²) in [4.78, 5) is 46.9. The van der Waals surface area contributed by atoms with Gasteiger partial charge in [-0.1, -0.05) is 44.2 Å². The molecule has 2 atom stereocenters. The predicted octanol–water partition coefficient (Wildman–Crippen LogP) is 3.73. The molecule has 0 saturated carbocycles. The van der Waals surface area contributed by atoms with Crippen molar-refractivity contribution in [2.24, 2.45) is 5.92 Å². The molecule has 5 rings (SSSR count). The van der Waals surface area contributed by atoms with Crippen LogP contribution in [-0.2, 0) is 28.0 Å². The summed E-state index contributed by atoms with van der Waals surface area (Å²) in [6.07, 6.45) is 1.15. The van der Waals surface area contributed by atoms with Gasteiger partial charge in [-0.3, -0.25) is 9.59 Å². The number of nitrogens with one attached hydrogen (secondary N) is 2. The van der Waals surface area contributed by atoms with Gasteiger partial charge in [0.05, 0.1) is 5.69 Å². The SMILES string of the molecule is CC(C)[C@@H](C(=O)NCCc1ccc(F)cc1)N1C(=O)N2CCc3c([nH]c4ccccc34)[C@@]2(C)C1=O. The number of aromatic nitrogens is 1. The smallest absolute Gasteiger partial charge is 0.328 e. The van der Waals surface area contributed by atoms with Gasteiger partial charge in [-0.2, -0.15) is 0 Å². The fourth-order valence-electron chi connectivity index (χ4n) is 5.47. The lowest BCUT2D eigenvalue weighted by molar-refractivity contribution is -0.140. The molecule has 3 aromatic rings. The van der Waals surface area contributed by atoms with E-state index in [0.29, 0.717) is 25.9 Å². The molecule has 0 bridgehead atoms.